The van der Waals surface area contributed by atoms with Gasteiger partial charge in [-0.1, -0.05) is 6.08 Å². The molecule has 0 amide bonds. The monoisotopic (exact) mass is 249 g/mol. The summed E-state index contributed by atoms with van der Waals surface area (Å²) in [5.74, 6) is 1.76. The third kappa shape index (κ3) is 6.13. The Labute approximate surface area is 109 Å². The second kappa shape index (κ2) is 6.89. The van der Waals surface area contributed by atoms with Gasteiger partial charge in [0.1, 0.15) is 5.76 Å². The maximum Gasteiger partial charge on any atom is 0.191 e. The minimum absolute atomic E-state index is 0.0162. The number of rotatable bonds is 5. The first-order chi connectivity index (χ1) is 8.51. The molecule has 1 heterocycles. The summed E-state index contributed by atoms with van der Waals surface area (Å²) in [6, 6.07) is 3.85. The number of furan rings is 1. The summed E-state index contributed by atoms with van der Waals surface area (Å²) in [5, 5.41) is 6.53. The Kier molecular flexibility index (Phi) is 5.49. The highest BCUT2D eigenvalue weighted by Crippen LogP contribution is 2.01. The molecule has 4 heteroatoms. The van der Waals surface area contributed by atoms with Crippen molar-refractivity contribution >= 4 is 5.96 Å². The topological polar surface area (TPSA) is 49.6 Å². The van der Waals surface area contributed by atoms with Crippen molar-refractivity contribution in [3.8, 4) is 0 Å². The predicted octanol–water partition coefficient (Wildman–Crippen LogP) is 2.34. The maximum atomic E-state index is 5.27. The number of guanidine groups is 1. The minimum Gasteiger partial charge on any atom is -0.469 e. The average molecular weight is 249 g/mol. The molecule has 0 bridgehead atoms. The van der Waals surface area contributed by atoms with Gasteiger partial charge in [-0.05, 0) is 32.9 Å². The van der Waals surface area contributed by atoms with Crippen LogP contribution in [-0.4, -0.2) is 24.6 Å². The van der Waals surface area contributed by atoms with Crippen LogP contribution in [0.1, 0.15) is 26.5 Å². The van der Waals surface area contributed by atoms with Gasteiger partial charge in [-0.3, -0.25) is 4.99 Å². The van der Waals surface area contributed by atoms with Gasteiger partial charge < -0.3 is 15.1 Å². The SMILES string of the molecule is C=CCNC(=NCCc1ccco1)NC(C)(C)C. The molecule has 0 aliphatic heterocycles. The lowest BCUT2D eigenvalue weighted by Crippen LogP contribution is -2.47. The van der Waals surface area contributed by atoms with Crippen LogP contribution in [0.4, 0.5) is 0 Å². The van der Waals surface area contributed by atoms with Crippen molar-refractivity contribution in [2.24, 2.45) is 4.99 Å². The Hall–Kier alpha value is -1.71. The van der Waals surface area contributed by atoms with E-state index in [1.807, 2.05) is 18.2 Å². The van der Waals surface area contributed by atoms with E-state index >= 15 is 0 Å². The van der Waals surface area contributed by atoms with Gasteiger partial charge in [-0.15, -0.1) is 6.58 Å². The summed E-state index contributed by atoms with van der Waals surface area (Å²) in [4.78, 5) is 4.51. The van der Waals surface area contributed by atoms with Gasteiger partial charge in [-0.2, -0.15) is 0 Å². The molecule has 0 fully saturated rings. The minimum atomic E-state index is -0.0162. The fraction of sp³-hybridized carbons (Fsp3) is 0.500. The molecular weight excluding hydrogens is 226 g/mol. The average Bonchev–Trinajstić information content (AvgIpc) is 2.76. The van der Waals surface area contributed by atoms with Gasteiger partial charge in [0.2, 0.25) is 0 Å². The lowest BCUT2D eigenvalue weighted by molar-refractivity contribution is 0.498. The molecule has 0 radical (unpaired) electrons. The fourth-order valence-corrected chi connectivity index (χ4v) is 1.40. The molecule has 100 valence electrons. The normalized spacial score (nSPS) is 12.3. The first kappa shape index (κ1) is 14.4. The molecule has 18 heavy (non-hydrogen) atoms. The zero-order valence-electron chi connectivity index (χ0n) is 11.5. The molecule has 1 aromatic heterocycles. The number of aliphatic imine (C=N–C) groups is 1. The van der Waals surface area contributed by atoms with E-state index < -0.39 is 0 Å². The standard InChI is InChI=1S/C14H23N3O/c1-5-9-15-13(17-14(2,3)4)16-10-8-12-7-6-11-18-12/h5-7,11H,1,8-10H2,2-4H3,(H2,15,16,17). The van der Waals surface area contributed by atoms with Crippen molar-refractivity contribution in [3.63, 3.8) is 0 Å². The van der Waals surface area contributed by atoms with Crippen molar-refractivity contribution in [2.45, 2.75) is 32.7 Å². The van der Waals surface area contributed by atoms with E-state index in [1.54, 1.807) is 6.26 Å². The van der Waals surface area contributed by atoms with E-state index in [-0.39, 0.29) is 5.54 Å². The van der Waals surface area contributed by atoms with Gasteiger partial charge >= 0.3 is 0 Å². The van der Waals surface area contributed by atoms with Crippen LogP contribution in [0, 0.1) is 0 Å². The van der Waals surface area contributed by atoms with Crippen molar-refractivity contribution in [2.75, 3.05) is 13.1 Å². The highest BCUT2D eigenvalue weighted by atomic mass is 16.3. The van der Waals surface area contributed by atoms with Crippen LogP contribution < -0.4 is 10.6 Å². The van der Waals surface area contributed by atoms with Gasteiger partial charge in [0.25, 0.3) is 0 Å². The van der Waals surface area contributed by atoms with Crippen molar-refractivity contribution < 1.29 is 4.42 Å². The highest BCUT2D eigenvalue weighted by molar-refractivity contribution is 5.80. The molecule has 0 saturated heterocycles. The van der Waals surface area contributed by atoms with Crippen LogP contribution >= 0.6 is 0 Å². The summed E-state index contributed by atoms with van der Waals surface area (Å²) < 4.78 is 5.27. The molecule has 1 aromatic rings. The molecule has 1 rings (SSSR count). The van der Waals surface area contributed by atoms with Gasteiger partial charge in [0.05, 0.1) is 6.26 Å². The Morgan fingerprint density at radius 3 is 2.83 bits per heavy atom. The molecule has 0 spiro atoms. The third-order valence-corrected chi connectivity index (χ3v) is 2.12. The van der Waals surface area contributed by atoms with Gasteiger partial charge in [-0.25, -0.2) is 0 Å². The predicted molar refractivity (Wildman–Crippen MR) is 75.8 cm³/mol. The van der Waals surface area contributed by atoms with Crippen LogP contribution in [0.25, 0.3) is 0 Å². The summed E-state index contributed by atoms with van der Waals surface area (Å²) >= 11 is 0. The molecular formula is C14H23N3O. The van der Waals surface area contributed by atoms with E-state index in [4.69, 9.17) is 4.42 Å². The molecule has 0 aliphatic rings. The number of hydrogen-bond acceptors (Lipinski definition) is 2. The van der Waals surface area contributed by atoms with Crippen molar-refractivity contribution in [1.29, 1.82) is 0 Å². The Morgan fingerprint density at radius 1 is 1.50 bits per heavy atom. The Morgan fingerprint density at radius 2 is 2.28 bits per heavy atom. The van der Waals surface area contributed by atoms with E-state index in [9.17, 15) is 0 Å². The number of nitrogens with one attached hydrogen (secondary N) is 2. The van der Waals surface area contributed by atoms with Crippen LogP contribution in [0.15, 0.2) is 40.5 Å². The summed E-state index contributed by atoms with van der Waals surface area (Å²) in [6.07, 6.45) is 4.30. The van der Waals surface area contributed by atoms with Gasteiger partial charge in [0.15, 0.2) is 5.96 Å². The highest BCUT2D eigenvalue weighted by Gasteiger charge is 2.11. The quantitative estimate of drug-likeness (QED) is 0.478. The number of nitrogens with zero attached hydrogens (tertiary/aromatic N) is 1. The van der Waals surface area contributed by atoms with Crippen LogP contribution in [0.2, 0.25) is 0 Å². The first-order valence-corrected chi connectivity index (χ1v) is 6.21. The molecule has 0 aliphatic carbocycles. The molecule has 4 nitrogen and oxygen atoms in total. The van der Waals surface area contributed by atoms with Crippen LogP contribution in [-0.2, 0) is 6.42 Å². The fourth-order valence-electron chi connectivity index (χ4n) is 1.40. The van der Waals surface area contributed by atoms with Gasteiger partial charge in [0, 0.05) is 25.0 Å². The van der Waals surface area contributed by atoms with E-state index in [0.29, 0.717) is 13.1 Å². The summed E-state index contributed by atoms with van der Waals surface area (Å²) in [7, 11) is 0. The largest absolute Gasteiger partial charge is 0.469 e. The third-order valence-electron chi connectivity index (χ3n) is 2.12. The second-order valence-electron chi connectivity index (χ2n) is 5.10. The molecule has 0 atom stereocenters. The molecule has 0 saturated carbocycles. The Bertz CT molecular complexity index is 374. The molecule has 2 N–H and O–H groups in total. The Balaban J connectivity index is 2.49. The molecule has 0 aromatic carbocycles. The van der Waals surface area contributed by atoms with Crippen LogP contribution in [0.3, 0.4) is 0 Å². The summed E-state index contributed by atoms with van der Waals surface area (Å²) in [5.41, 5.74) is -0.0162. The van der Waals surface area contributed by atoms with E-state index in [1.165, 1.54) is 0 Å². The van der Waals surface area contributed by atoms with Crippen LogP contribution in [0.5, 0.6) is 0 Å². The van der Waals surface area contributed by atoms with E-state index in [2.05, 4.69) is 43.0 Å². The summed E-state index contributed by atoms with van der Waals surface area (Å²) in [6.45, 7) is 11.4. The maximum absolute atomic E-state index is 5.27. The second-order valence-corrected chi connectivity index (χ2v) is 5.10. The molecule has 0 unspecified atom stereocenters. The van der Waals surface area contributed by atoms with E-state index in [0.717, 1.165) is 18.1 Å². The van der Waals surface area contributed by atoms with Crippen molar-refractivity contribution in [3.05, 3.63) is 36.8 Å². The first-order valence-electron chi connectivity index (χ1n) is 6.21. The zero-order chi connectivity index (χ0) is 13.4. The lowest BCUT2D eigenvalue weighted by Gasteiger charge is -2.23. The lowest BCUT2D eigenvalue weighted by atomic mass is 10.1. The van der Waals surface area contributed by atoms with Crippen molar-refractivity contribution in [1.82, 2.24) is 10.6 Å². The smallest absolute Gasteiger partial charge is 0.191 e. The number of hydrogen-bond donors (Lipinski definition) is 2. The zero-order valence-corrected chi connectivity index (χ0v) is 11.5.